The first kappa shape index (κ1) is 18.4. The molecule has 1 saturated carbocycles. The van der Waals surface area contributed by atoms with E-state index in [1.807, 2.05) is 41.8 Å². The Balaban J connectivity index is 1.42. The summed E-state index contributed by atoms with van der Waals surface area (Å²) >= 11 is 0. The fourth-order valence-electron chi connectivity index (χ4n) is 3.12. The number of anilines is 1. The number of aryl methyl sites for hydroxylation is 1. The molecule has 0 radical (unpaired) electrons. The van der Waals surface area contributed by atoms with E-state index in [1.165, 1.54) is 0 Å². The number of imide groups is 1. The Kier molecular flexibility index (Phi) is 5.56. The topological polar surface area (TPSA) is 81.8 Å². The SMILES string of the molecule is Cc1cccc(NC(=O)NC(=O)CN2CCN(C(=O)C3CC3)CC2)c1C. The molecule has 2 aliphatic rings. The quantitative estimate of drug-likeness (QED) is 0.855. The summed E-state index contributed by atoms with van der Waals surface area (Å²) in [7, 11) is 0. The van der Waals surface area contributed by atoms with Crippen molar-refractivity contribution in [3.8, 4) is 0 Å². The lowest BCUT2D eigenvalue weighted by molar-refractivity contribution is -0.134. The minimum atomic E-state index is -0.522. The average Bonchev–Trinajstić information content (AvgIpc) is 3.44. The van der Waals surface area contributed by atoms with Gasteiger partial charge in [-0.15, -0.1) is 0 Å². The molecule has 4 amide bonds. The number of hydrogen-bond acceptors (Lipinski definition) is 4. The minimum absolute atomic E-state index is 0.158. The summed E-state index contributed by atoms with van der Waals surface area (Å²) in [5.74, 6) is 0.149. The summed E-state index contributed by atoms with van der Waals surface area (Å²) in [6, 6.07) is 5.12. The number of carbonyl (C=O) groups excluding carboxylic acids is 3. The highest BCUT2D eigenvalue weighted by Crippen LogP contribution is 2.31. The first-order valence-electron chi connectivity index (χ1n) is 9.12. The summed E-state index contributed by atoms with van der Waals surface area (Å²) in [6.07, 6.45) is 2.02. The molecule has 2 fully saturated rings. The first-order valence-corrected chi connectivity index (χ1v) is 9.12. The van der Waals surface area contributed by atoms with Gasteiger partial charge in [0.15, 0.2) is 0 Å². The number of urea groups is 1. The maximum Gasteiger partial charge on any atom is 0.325 e. The predicted molar refractivity (Wildman–Crippen MR) is 98.8 cm³/mol. The Morgan fingerprint density at radius 1 is 1.08 bits per heavy atom. The van der Waals surface area contributed by atoms with Gasteiger partial charge in [0.1, 0.15) is 0 Å². The molecule has 0 bridgehead atoms. The smallest absolute Gasteiger partial charge is 0.325 e. The molecule has 7 heteroatoms. The monoisotopic (exact) mass is 358 g/mol. The van der Waals surface area contributed by atoms with Crippen molar-refractivity contribution in [1.29, 1.82) is 0 Å². The van der Waals surface area contributed by atoms with Gasteiger partial charge in [0, 0.05) is 37.8 Å². The number of piperazine rings is 1. The molecular weight excluding hydrogens is 332 g/mol. The van der Waals surface area contributed by atoms with Crippen LogP contribution in [0.5, 0.6) is 0 Å². The van der Waals surface area contributed by atoms with Gasteiger partial charge in [0.2, 0.25) is 11.8 Å². The second-order valence-electron chi connectivity index (χ2n) is 7.13. The van der Waals surface area contributed by atoms with Gasteiger partial charge in [-0.3, -0.25) is 19.8 Å². The van der Waals surface area contributed by atoms with Gasteiger partial charge in [-0.1, -0.05) is 12.1 Å². The largest absolute Gasteiger partial charge is 0.340 e. The molecule has 1 aliphatic heterocycles. The van der Waals surface area contributed by atoms with Crippen LogP contribution in [0.4, 0.5) is 10.5 Å². The van der Waals surface area contributed by atoms with Gasteiger partial charge < -0.3 is 10.2 Å². The molecule has 1 saturated heterocycles. The van der Waals surface area contributed by atoms with Crippen LogP contribution in [0.3, 0.4) is 0 Å². The Hall–Kier alpha value is -2.41. The van der Waals surface area contributed by atoms with E-state index in [2.05, 4.69) is 10.6 Å². The fourth-order valence-corrected chi connectivity index (χ4v) is 3.12. The van der Waals surface area contributed by atoms with E-state index in [0.29, 0.717) is 31.9 Å². The lowest BCUT2D eigenvalue weighted by Crippen LogP contribution is -2.52. The second-order valence-corrected chi connectivity index (χ2v) is 7.13. The Morgan fingerprint density at radius 3 is 2.42 bits per heavy atom. The zero-order valence-corrected chi connectivity index (χ0v) is 15.4. The maximum atomic E-state index is 12.1. The van der Waals surface area contributed by atoms with E-state index < -0.39 is 6.03 Å². The molecule has 1 aromatic carbocycles. The zero-order chi connectivity index (χ0) is 18.7. The standard InChI is InChI=1S/C19H26N4O3/c1-13-4-3-5-16(14(13)2)20-19(26)21-17(24)12-22-8-10-23(11-9-22)18(25)15-6-7-15/h3-5,15H,6-12H2,1-2H3,(H2,20,21,24,26). The molecule has 0 aromatic heterocycles. The highest BCUT2D eigenvalue weighted by atomic mass is 16.2. The number of nitrogens with zero attached hydrogens (tertiary/aromatic N) is 2. The maximum absolute atomic E-state index is 12.1. The van der Waals surface area contributed by atoms with Crippen LogP contribution in [0.1, 0.15) is 24.0 Å². The lowest BCUT2D eigenvalue weighted by atomic mass is 10.1. The van der Waals surface area contributed by atoms with Gasteiger partial charge in [-0.25, -0.2) is 4.79 Å². The van der Waals surface area contributed by atoms with E-state index in [-0.39, 0.29) is 24.3 Å². The summed E-state index contributed by atoms with van der Waals surface area (Å²) in [5, 5.41) is 5.09. The number of benzene rings is 1. The predicted octanol–water partition coefficient (Wildman–Crippen LogP) is 1.51. The molecule has 1 heterocycles. The first-order chi connectivity index (χ1) is 12.4. The van der Waals surface area contributed by atoms with E-state index in [1.54, 1.807) is 0 Å². The number of amides is 4. The number of nitrogens with one attached hydrogen (secondary N) is 2. The zero-order valence-electron chi connectivity index (χ0n) is 15.4. The van der Waals surface area contributed by atoms with Crippen molar-refractivity contribution >= 4 is 23.5 Å². The third-order valence-corrected chi connectivity index (χ3v) is 5.08. The third kappa shape index (κ3) is 4.60. The highest BCUT2D eigenvalue weighted by molar-refractivity contribution is 6.02. The Morgan fingerprint density at radius 2 is 1.77 bits per heavy atom. The molecule has 0 atom stereocenters. The number of carbonyl (C=O) groups is 3. The van der Waals surface area contributed by atoms with Crippen LogP contribution in [-0.2, 0) is 9.59 Å². The Bertz CT molecular complexity index is 707. The van der Waals surface area contributed by atoms with E-state index >= 15 is 0 Å². The average molecular weight is 358 g/mol. The van der Waals surface area contributed by atoms with Crippen molar-refractivity contribution in [3.05, 3.63) is 29.3 Å². The lowest BCUT2D eigenvalue weighted by Gasteiger charge is -2.34. The van der Waals surface area contributed by atoms with Crippen molar-refractivity contribution in [1.82, 2.24) is 15.1 Å². The van der Waals surface area contributed by atoms with Crippen molar-refractivity contribution < 1.29 is 14.4 Å². The van der Waals surface area contributed by atoms with E-state index in [0.717, 1.165) is 24.0 Å². The van der Waals surface area contributed by atoms with Crippen LogP contribution < -0.4 is 10.6 Å². The molecule has 26 heavy (non-hydrogen) atoms. The number of rotatable bonds is 4. The van der Waals surface area contributed by atoms with E-state index in [4.69, 9.17) is 0 Å². The van der Waals surface area contributed by atoms with Gasteiger partial charge in [0.25, 0.3) is 0 Å². The van der Waals surface area contributed by atoms with Crippen LogP contribution in [-0.4, -0.2) is 60.4 Å². The van der Waals surface area contributed by atoms with Gasteiger partial charge in [-0.05, 0) is 43.9 Å². The summed E-state index contributed by atoms with van der Waals surface area (Å²) < 4.78 is 0. The second kappa shape index (κ2) is 7.86. The van der Waals surface area contributed by atoms with Crippen molar-refractivity contribution in [2.24, 2.45) is 5.92 Å². The van der Waals surface area contributed by atoms with Crippen molar-refractivity contribution in [2.45, 2.75) is 26.7 Å². The molecule has 7 nitrogen and oxygen atoms in total. The van der Waals surface area contributed by atoms with Gasteiger partial charge in [-0.2, -0.15) is 0 Å². The molecular formula is C19H26N4O3. The molecule has 2 N–H and O–H groups in total. The van der Waals surface area contributed by atoms with Crippen LogP contribution in [0.25, 0.3) is 0 Å². The molecule has 0 spiro atoms. The van der Waals surface area contributed by atoms with Crippen molar-refractivity contribution in [2.75, 3.05) is 38.0 Å². The highest BCUT2D eigenvalue weighted by Gasteiger charge is 2.34. The molecule has 1 aromatic rings. The summed E-state index contributed by atoms with van der Waals surface area (Å²) in [4.78, 5) is 40.0. The van der Waals surface area contributed by atoms with Gasteiger partial charge >= 0.3 is 6.03 Å². The number of hydrogen-bond donors (Lipinski definition) is 2. The fraction of sp³-hybridized carbons (Fsp3) is 0.526. The van der Waals surface area contributed by atoms with Crippen LogP contribution in [0.2, 0.25) is 0 Å². The molecule has 0 unspecified atom stereocenters. The Labute approximate surface area is 153 Å². The normalized spacial score (nSPS) is 17.7. The molecule has 3 rings (SSSR count). The summed E-state index contributed by atoms with van der Waals surface area (Å²) in [5.41, 5.74) is 2.75. The van der Waals surface area contributed by atoms with Gasteiger partial charge in [0.05, 0.1) is 6.54 Å². The third-order valence-electron chi connectivity index (χ3n) is 5.08. The van der Waals surface area contributed by atoms with Crippen LogP contribution in [0, 0.1) is 19.8 Å². The van der Waals surface area contributed by atoms with E-state index in [9.17, 15) is 14.4 Å². The minimum Gasteiger partial charge on any atom is -0.340 e. The summed E-state index contributed by atoms with van der Waals surface area (Å²) in [6.45, 7) is 6.67. The van der Waals surface area contributed by atoms with Crippen LogP contribution >= 0.6 is 0 Å². The molecule has 140 valence electrons. The molecule has 1 aliphatic carbocycles. The van der Waals surface area contributed by atoms with Crippen molar-refractivity contribution in [3.63, 3.8) is 0 Å². The van der Waals surface area contributed by atoms with Crippen LogP contribution in [0.15, 0.2) is 18.2 Å².